The molecule has 0 radical (unpaired) electrons. The van der Waals surface area contributed by atoms with Gasteiger partial charge in [0.05, 0.1) is 11.9 Å². The van der Waals surface area contributed by atoms with E-state index in [9.17, 15) is 5.11 Å². The molecular formula is C10H18N4O. The summed E-state index contributed by atoms with van der Waals surface area (Å²) in [5, 5.41) is 21.6. The van der Waals surface area contributed by atoms with Gasteiger partial charge in [-0.25, -0.2) is 4.68 Å². The molecule has 1 aromatic rings. The second kappa shape index (κ2) is 4.28. The van der Waals surface area contributed by atoms with Gasteiger partial charge in [-0.1, -0.05) is 12.1 Å². The van der Waals surface area contributed by atoms with Crippen molar-refractivity contribution >= 4 is 0 Å². The molecule has 15 heavy (non-hydrogen) atoms. The number of aromatic nitrogens is 3. The van der Waals surface area contributed by atoms with Gasteiger partial charge in [-0.3, -0.25) is 0 Å². The van der Waals surface area contributed by atoms with Crippen molar-refractivity contribution < 1.29 is 5.11 Å². The van der Waals surface area contributed by atoms with Crippen LogP contribution in [0.5, 0.6) is 0 Å². The first-order valence-electron chi connectivity index (χ1n) is 5.58. The molecule has 0 aromatic carbocycles. The van der Waals surface area contributed by atoms with E-state index in [1.807, 2.05) is 4.68 Å². The maximum absolute atomic E-state index is 10.5. The van der Waals surface area contributed by atoms with Crippen LogP contribution in [0.3, 0.4) is 0 Å². The van der Waals surface area contributed by atoms with Crippen molar-refractivity contribution in [3.05, 3.63) is 11.9 Å². The number of piperidine rings is 1. The van der Waals surface area contributed by atoms with E-state index in [-0.39, 0.29) is 0 Å². The molecule has 0 amide bonds. The summed E-state index contributed by atoms with van der Waals surface area (Å²) >= 11 is 0. The molecule has 1 fully saturated rings. The average molecular weight is 210 g/mol. The average Bonchev–Trinajstić information content (AvgIpc) is 2.68. The Balaban J connectivity index is 2.22. The number of hydrogen-bond acceptors (Lipinski definition) is 4. The van der Waals surface area contributed by atoms with Gasteiger partial charge in [-0.15, -0.1) is 5.10 Å². The Kier molecular flexibility index (Phi) is 3.02. The topological polar surface area (TPSA) is 63.0 Å². The quantitative estimate of drug-likeness (QED) is 0.751. The van der Waals surface area contributed by atoms with Crippen molar-refractivity contribution in [3.8, 4) is 0 Å². The van der Waals surface area contributed by atoms with Crippen LogP contribution in [0.1, 0.15) is 31.9 Å². The third-order valence-corrected chi connectivity index (χ3v) is 2.89. The number of nitrogens with zero attached hydrogens (tertiary/aromatic N) is 3. The van der Waals surface area contributed by atoms with Gasteiger partial charge in [0.15, 0.2) is 0 Å². The van der Waals surface area contributed by atoms with E-state index in [1.54, 1.807) is 6.20 Å². The summed E-state index contributed by atoms with van der Waals surface area (Å²) in [5.74, 6) is 0. The highest BCUT2D eigenvalue weighted by Crippen LogP contribution is 2.27. The molecule has 0 bridgehead atoms. The van der Waals surface area contributed by atoms with Gasteiger partial charge in [0.25, 0.3) is 0 Å². The molecule has 5 nitrogen and oxygen atoms in total. The Morgan fingerprint density at radius 3 is 3.20 bits per heavy atom. The van der Waals surface area contributed by atoms with Gasteiger partial charge >= 0.3 is 0 Å². The molecule has 84 valence electrons. The van der Waals surface area contributed by atoms with Crippen molar-refractivity contribution in [1.82, 2.24) is 20.3 Å². The molecule has 0 saturated carbocycles. The van der Waals surface area contributed by atoms with Crippen LogP contribution in [0.4, 0.5) is 0 Å². The summed E-state index contributed by atoms with van der Waals surface area (Å²) in [6.07, 6.45) is 4.47. The van der Waals surface area contributed by atoms with Crippen LogP contribution in [0.25, 0.3) is 0 Å². The fraction of sp³-hybridized carbons (Fsp3) is 0.800. The standard InChI is InChI=1S/C10H18N4O/c1-2-6-14-9(7-12-13-14)10(15)4-3-5-11-8-10/h7,11,15H,2-6,8H2,1H3. The van der Waals surface area contributed by atoms with Crippen LogP contribution in [-0.2, 0) is 12.1 Å². The number of aryl methyl sites for hydroxylation is 1. The zero-order valence-electron chi connectivity index (χ0n) is 9.11. The van der Waals surface area contributed by atoms with Gasteiger partial charge < -0.3 is 10.4 Å². The Morgan fingerprint density at radius 1 is 1.67 bits per heavy atom. The Bertz CT molecular complexity index is 317. The smallest absolute Gasteiger partial charge is 0.120 e. The van der Waals surface area contributed by atoms with Crippen molar-refractivity contribution in [1.29, 1.82) is 0 Å². The minimum absolute atomic E-state index is 0.601. The van der Waals surface area contributed by atoms with Crippen molar-refractivity contribution in [2.45, 2.75) is 38.3 Å². The third kappa shape index (κ3) is 2.03. The van der Waals surface area contributed by atoms with E-state index in [0.717, 1.165) is 38.0 Å². The normalized spacial score (nSPS) is 26.8. The predicted octanol–water partition coefficient (Wildman–Crippen LogP) is 0.259. The lowest BCUT2D eigenvalue weighted by Gasteiger charge is -2.32. The Labute approximate surface area is 89.5 Å². The molecular weight excluding hydrogens is 192 g/mol. The lowest BCUT2D eigenvalue weighted by Crippen LogP contribution is -2.44. The maximum atomic E-state index is 10.5. The number of nitrogens with one attached hydrogen (secondary N) is 1. The van der Waals surface area contributed by atoms with Crippen molar-refractivity contribution in [2.24, 2.45) is 0 Å². The molecule has 1 aliphatic rings. The molecule has 2 heterocycles. The van der Waals surface area contributed by atoms with E-state index in [4.69, 9.17) is 0 Å². The minimum atomic E-state index is -0.781. The zero-order valence-corrected chi connectivity index (χ0v) is 9.11. The molecule has 1 unspecified atom stereocenters. The van der Waals surface area contributed by atoms with Crippen LogP contribution in [-0.4, -0.2) is 33.2 Å². The fourth-order valence-corrected chi connectivity index (χ4v) is 2.10. The third-order valence-electron chi connectivity index (χ3n) is 2.89. The lowest BCUT2D eigenvalue weighted by molar-refractivity contribution is 0.00388. The largest absolute Gasteiger partial charge is 0.382 e. The summed E-state index contributed by atoms with van der Waals surface area (Å²) < 4.78 is 1.81. The van der Waals surface area contributed by atoms with Gasteiger partial charge in [-0.05, 0) is 25.8 Å². The molecule has 2 rings (SSSR count). The maximum Gasteiger partial charge on any atom is 0.120 e. The van der Waals surface area contributed by atoms with Crippen LogP contribution in [0, 0.1) is 0 Å². The highest BCUT2D eigenvalue weighted by atomic mass is 16.3. The summed E-state index contributed by atoms with van der Waals surface area (Å²) in [7, 11) is 0. The Morgan fingerprint density at radius 2 is 2.53 bits per heavy atom. The van der Waals surface area contributed by atoms with Crippen molar-refractivity contribution in [3.63, 3.8) is 0 Å². The molecule has 1 saturated heterocycles. The van der Waals surface area contributed by atoms with Crippen LogP contribution < -0.4 is 5.32 Å². The van der Waals surface area contributed by atoms with E-state index >= 15 is 0 Å². The fourth-order valence-electron chi connectivity index (χ4n) is 2.10. The molecule has 1 atom stereocenters. The van der Waals surface area contributed by atoms with E-state index < -0.39 is 5.60 Å². The summed E-state index contributed by atoms with van der Waals surface area (Å²) in [6.45, 7) is 4.49. The number of aliphatic hydroxyl groups is 1. The second-order valence-corrected chi connectivity index (χ2v) is 4.15. The summed E-state index contributed by atoms with van der Waals surface area (Å²) in [4.78, 5) is 0. The first-order chi connectivity index (χ1) is 7.26. The first kappa shape index (κ1) is 10.6. The highest BCUT2D eigenvalue weighted by molar-refractivity contribution is 5.10. The molecule has 2 N–H and O–H groups in total. The van der Waals surface area contributed by atoms with Crippen LogP contribution in [0.15, 0.2) is 6.20 Å². The lowest BCUT2D eigenvalue weighted by atomic mass is 9.91. The minimum Gasteiger partial charge on any atom is -0.382 e. The molecule has 5 heteroatoms. The van der Waals surface area contributed by atoms with Gasteiger partial charge in [0.1, 0.15) is 5.60 Å². The molecule has 0 aliphatic carbocycles. The van der Waals surface area contributed by atoms with E-state index in [2.05, 4.69) is 22.6 Å². The molecule has 0 spiro atoms. The highest BCUT2D eigenvalue weighted by Gasteiger charge is 2.34. The predicted molar refractivity (Wildman–Crippen MR) is 56.3 cm³/mol. The van der Waals surface area contributed by atoms with Gasteiger partial charge in [0.2, 0.25) is 0 Å². The SMILES string of the molecule is CCCn1nncc1C1(O)CCCNC1. The summed E-state index contributed by atoms with van der Waals surface area (Å²) in [5.41, 5.74) is 0.0632. The first-order valence-corrected chi connectivity index (χ1v) is 5.58. The molecule has 1 aliphatic heterocycles. The monoisotopic (exact) mass is 210 g/mol. The second-order valence-electron chi connectivity index (χ2n) is 4.15. The van der Waals surface area contributed by atoms with E-state index in [1.165, 1.54) is 0 Å². The van der Waals surface area contributed by atoms with Crippen molar-refractivity contribution in [2.75, 3.05) is 13.1 Å². The van der Waals surface area contributed by atoms with E-state index in [0.29, 0.717) is 6.54 Å². The number of β-amino-alcohol motifs (C(OH)–C–C–N with tert-alkyl or cyclic N) is 1. The number of rotatable bonds is 3. The Hall–Kier alpha value is -0.940. The van der Waals surface area contributed by atoms with Crippen LogP contribution >= 0.6 is 0 Å². The number of hydrogen-bond donors (Lipinski definition) is 2. The zero-order chi connectivity index (χ0) is 10.7. The summed E-state index contributed by atoms with van der Waals surface area (Å²) in [6, 6.07) is 0. The van der Waals surface area contributed by atoms with Gasteiger partial charge in [0, 0.05) is 13.1 Å². The van der Waals surface area contributed by atoms with Crippen LogP contribution in [0.2, 0.25) is 0 Å². The van der Waals surface area contributed by atoms with Gasteiger partial charge in [-0.2, -0.15) is 0 Å². The molecule has 1 aromatic heterocycles.